The molecule has 3 rings (SSSR count). The predicted octanol–water partition coefficient (Wildman–Crippen LogP) is 2.17. The molecule has 0 atom stereocenters. The van der Waals surface area contributed by atoms with E-state index in [1.165, 1.54) is 29.5 Å². The Kier molecular flexibility index (Phi) is 4.61. The molecule has 120 valence electrons. The third-order valence-corrected chi connectivity index (χ3v) is 4.42. The van der Waals surface area contributed by atoms with E-state index in [1.807, 2.05) is 0 Å². The van der Waals surface area contributed by atoms with Gasteiger partial charge in [0.25, 0.3) is 5.91 Å². The number of carbonyl (C=O) groups excluding carboxylic acids is 2. The molecule has 1 aliphatic rings. The minimum atomic E-state index is -0.429. The second-order valence-electron chi connectivity index (χ2n) is 5.31. The van der Waals surface area contributed by atoms with E-state index in [-0.39, 0.29) is 17.7 Å². The number of carbonyl (C=O) groups is 2. The summed E-state index contributed by atoms with van der Waals surface area (Å²) in [6.45, 7) is 0.951. The van der Waals surface area contributed by atoms with Crippen LogP contribution in [0.25, 0.3) is 0 Å². The molecule has 1 aromatic carbocycles. The normalized spacial score (nSPS) is 15.4. The Balaban J connectivity index is 1.55. The van der Waals surface area contributed by atoms with Gasteiger partial charge in [-0.25, -0.2) is 4.39 Å². The maximum Gasteiger partial charge on any atom is 0.253 e. The smallest absolute Gasteiger partial charge is 0.253 e. The number of hydrogen-bond donors (Lipinski definition) is 1. The van der Waals surface area contributed by atoms with Gasteiger partial charge in [0.05, 0.1) is 0 Å². The second-order valence-corrected chi connectivity index (χ2v) is 6.14. The third-order valence-electron chi connectivity index (χ3n) is 3.81. The molecule has 2 aromatic rings. The van der Waals surface area contributed by atoms with Crippen molar-refractivity contribution in [3.05, 3.63) is 41.2 Å². The molecule has 1 N–H and O–H groups in total. The van der Waals surface area contributed by atoms with Crippen molar-refractivity contribution in [2.75, 3.05) is 18.4 Å². The van der Waals surface area contributed by atoms with Crippen LogP contribution in [0.15, 0.2) is 29.8 Å². The van der Waals surface area contributed by atoms with Gasteiger partial charge >= 0.3 is 0 Å². The van der Waals surface area contributed by atoms with Crippen molar-refractivity contribution >= 4 is 28.3 Å². The van der Waals surface area contributed by atoms with Crippen molar-refractivity contribution in [3.63, 3.8) is 0 Å². The zero-order chi connectivity index (χ0) is 16.2. The monoisotopic (exact) mass is 334 g/mol. The standard InChI is InChI=1S/C15H15FN4O2S/c16-12-3-1-2-11(8-12)14(22)20-6-4-10(5-7-20)13(21)18-15-19-17-9-23-15/h1-3,8-10H,4-7H2,(H,18,19,21). The summed E-state index contributed by atoms with van der Waals surface area (Å²) in [4.78, 5) is 26.1. The molecule has 6 nitrogen and oxygen atoms in total. The maximum absolute atomic E-state index is 13.2. The SMILES string of the molecule is O=C(Nc1nncs1)C1CCN(C(=O)c2cccc(F)c2)CC1. The molecule has 0 aliphatic carbocycles. The molecule has 2 heterocycles. The van der Waals surface area contributed by atoms with Crippen molar-refractivity contribution in [1.29, 1.82) is 0 Å². The lowest BCUT2D eigenvalue weighted by atomic mass is 9.95. The summed E-state index contributed by atoms with van der Waals surface area (Å²) >= 11 is 1.27. The molecule has 1 saturated heterocycles. The van der Waals surface area contributed by atoms with Gasteiger partial charge in [-0.15, -0.1) is 10.2 Å². The molecule has 0 saturated carbocycles. The third kappa shape index (κ3) is 3.70. The van der Waals surface area contributed by atoms with Crippen molar-refractivity contribution < 1.29 is 14.0 Å². The van der Waals surface area contributed by atoms with Gasteiger partial charge < -0.3 is 10.2 Å². The first-order chi connectivity index (χ1) is 11.1. The fourth-order valence-corrected chi connectivity index (χ4v) is 3.03. The molecule has 0 unspecified atom stereocenters. The number of amides is 2. The van der Waals surface area contributed by atoms with E-state index < -0.39 is 5.82 Å². The molecule has 23 heavy (non-hydrogen) atoms. The highest BCUT2D eigenvalue weighted by molar-refractivity contribution is 7.13. The summed E-state index contributed by atoms with van der Waals surface area (Å²) in [6.07, 6.45) is 1.15. The first-order valence-electron chi connectivity index (χ1n) is 7.25. The number of likely N-dealkylation sites (tertiary alicyclic amines) is 1. The van der Waals surface area contributed by atoms with Gasteiger partial charge in [-0.1, -0.05) is 17.4 Å². The van der Waals surface area contributed by atoms with E-state index in [0.717, 1.165) is 0 Å². The van der Waals surface area contributed by atoms with Gasteiger partial charge in [-0.2, -0.15) is 0 Å². The minimum absolute atomic E-state index is 0.0976. The van der Waals surface area contributed by atoms with Crippen LogP contribution in [0.3, 0.4) is 0 Å². The first-order valence-corrected chi connectivity index (χ1v) is 8.13. The Bertz CT molecular complexity index is 699. The molecule has 0 radical (unpaired) electrons. The summed E-state index contributed by atoms with van der Waals surface area (Å²) in [5, 5.41) is 10.7. The van der Waals surface area contributed by atoms with Crippen molar-refractivity contribution in [3.8, 4) is 0 Å². The van der Waals surface area contributed by atoms with E-state index in [2.05, 4.69) is 15.5 Å². The number of nitrogens with one attached hydrogen (secondary N) is 1. The Labute approximate surface area is 136 Å². The number of piperidine rings is 1. The molecular formula is C15H15FN4O2S. The van der Waals surface area contributed by atoms with Crippen LogP contribution in [-0.4, -0.2) is 40.0 Å². The number of anilines is 1. The lowest BCUT2D eigenvalue weighted by molar-refractivity contribution is -0.121. The molecule has 8 heteroatoms. The quantitative estimate of drug-likeness (QED) is 0.933. The highest BCUT2D eigenvalue weighted by atomic mass is 32.1. The largest absolute Gasteiger partial charge is 0.339 e. The molecule has 2 amide bonds. The van der Waals surface area contributed by atoms with Crippen molar-refractivity contribution in [2.45, 2.75) is 12.8 Å². The maximum atomic E-state index is 13.2. The van der Waals surface area contributed by atoms with Gasteiger partial charge in [0.15, 0.2) is 0 Å². The van der Waals surface area contributed by atoms with Gasteiger partial charge in [0.1, 0.15) is 11.3 Å². The lowest BCUT2D eigenvalue weighted by Crippen LogP contribution is -2.41. The van der Waals surface area contributed by atoms with E-state index in [4.69, 9.17) is 0 Å². The molecule has 0 bridgehead atoms. The van der Waals surface area contributed by atoms with Gasteiger partial charge in [-0.05, 0) is 31.0 Å². The van der Waals surface area contributed by atoms with Crippen LogP contribution in [0.2, 0.25) is 0 Å². The highest BCUT2D eigenvalue weighted by Gasteiger charge is 2.28. The van der Waals surface area contributed by atoms with Crippen LogP contribution in [0.5, 0.6) is 0 Å². The Morgan fingerprint density at radius 2 is 2.09 bits per heavy atom. The van der Waals surface area contributed by atoms with Crippen LogP contribution < -0.4 is 5.32 Å². The number of nitrogens with zero attached hydrogens (tertiary/aromatic N) is 3. The molecule has 0 spiro atoms. The predicted molar refractivity (Wildman–Crippen MR) is 83.6 cm³/mol. The second kappa shape index (κ2) is 6.82. The fourth-order valence-electron chi connectivity index (χ4n) is 2.58. The van der Waals surface area contributed by atoms with Crippen LogP contribution >= 0.6 is 11.3 Å². The highest BCUT2D eigenvalue weighted by Crippen LogP contribution is 2.21. The zero-order valence-corrected chi connectivity index (χ0v) is 13.1. The number of aromatic nitrogens is 2. The first kappa shape index (κ1) is 15.5. The average Bonchev–Trinajstić information content (AvgIpc) is 3.07. The number of rotatable bonds is 3. The summed E-state index contributed by atoms with van der Waals surface area (Å²) in [6, 6.07) is 5.65. The summed E-state index contributed by atoms with van der Waals surface area (Å²) in [7, 11) is 0. The van der Waals surface area contributed by atoms with E-state index in [9.17, 15) is 14.0 Å². The Morgan fingerprint density at radius 1 is 1.30 bits per heavy atom. The summed E-state index contributed by atoms with van der Waals surface area (Å²) < 4.78 is 13.2. The van der Waals surface area contributed by atoms with Crippen molar-refractivity contribution in [2.24, 2.45) is 5.92 Å². The van der Waals surface area contributed by atoms with Crippen LogP contribution in [0, 0.1) is 11.7 Å². The number of benzene rings is 1. The van der Waals surface area contributed by atoms with Gasteiger partial charge in [-0.3, -0.25) is 9.59 Å². The van der Waals surface area contributed by atoms with E-state index >= 15 is 0 Å². The molecular weight excluding hydrogens is 319 g/mol. The van der Waals surface area contributed by atoms with Gasteiger partial charge in [0.2, 0.25) is 11.0 Å². The average molecular weight is 334 g/mol. The van der Waals surface area contributed by atoms with Crippen molar-refractivity contribution in [1.82, 2.24) is 15.1 Å². The Hall–Kier alpha value is -2.35. The fraction of sp³-hybridized carbons (Fsp3) is 0.333. The van der Waals surface area contributed by atoms with Gasteiger partial charge in [0, 0.05) is 24.6 Å². The summed E-state index contributed by atoms with van der Waals surface area (Å²) in [5.74, 6) is -0.885. The summed E-state index contributed by atoms with van der Waals surface area (Å²) in [5.41, 5.74) is 1.89. The van der Waals surface area contributed by atoms with Crippen LogP contribution in [0.1, 0.15) is 23.2 Å². The zero-order valence-electron chi connectivity index (χ0n) is 12.2. The lowest BCUT2D eigenvalue weighted by Gasteiger charge is -2.31. The minimum Gasteiger partial charge on any atom is -0.339 e. The van der Waals surface area contributed by atoms with E-state index in [0.29, 0.717) is 36.6 Å². The number of halogens is 1. The topological polar surface area (TPSA) is 75.2 Å². The van der Waals surface area contributed by atoms with Crippen LogP contribution in [0.4, 0.5) is 9.52 Å². The Morgan fingerprint density at radius 3 is 2.74 bits per heavy atom. The van der Waals surface area contributed by atoms with Crippen LogP contribution in [-0.2, 0) is 4.79 Å². The molecule has 1 aliphatic heterocycles. The molecule has 1 aromatic heterocycles. The number of hydrogen-bond acceptors (Lipinski definition) is 5. The van der Waals surface area contributed by atoms with E-state index in [1.54, 1.807) is 16.5 Å². The molecule has 1 fully saturated rings.